The largest absolute Gasteiger partial charge is 0.255 e. The third-order valence-electron chi connectivity index (χ3n) is 4.61. The van der Waals surface area contributed by atoms with Gasteiger partial charge >= 0.3 is 0 Å². The minimum absolute atomic E-state index is 0.211. The highest BCUT2D eigenvalue weighted by Crippen LogP contribution is 2.24. The van der Waals surface area contributed by atoms with Gasteiger partial charge in [0.2, 0.25) is 10.0 Å². The van der Waals surface area contributed by atoms with Crippen LogP contribution in [0.4, 0.5) is 0 Å². The fraction of sp³-hybridized carbons (Fsp3) is 0.0870. The van der Waals surface area contributed by atoms with E-state index in [-0.39, 0.29) is 11.4 Å². The van der Waals surface area contributed by atoms with Crippen molar-refractivity contribution in [3.8, 4) is 21.7 Å². The molecular formula is C23H20N2O2S2. The summed E-state index contributed by atoms with van der Waals surface area (Å²) in [7, 11) is -3.60. The first-order valence-electron chi connectivity index (χ1n) is 9.17. The Balaban J connectivity index is 1.48. The molecule has 0 amide bonds. The van der Waals surface area contributed by atoms with E-state index in [1.54, 1.807) is 29.7 Å². The van der Waals surface area contributed by atoms with E-state index < -0.39 is 10.0 Å². The Morgan fingerprint density at radius 3 is 2.28 bits per heavy atom. The molecule has 0 fully saturated rings. The zero-order valence-electron chi connectivity index (χ0n) is 15.9. The highest BCUT2D eigenvalue weighted by molar-refractivity contribution is 7.89. The van der Waals surface area contributed by atoms with Crippen LogP contribution in [0, 0.1) is 6.92 Å². The molecule has 0 spiro atoms. The van der Waals surface area contributed by atoms with E-state index in [0.717, 1.165) is 27.3 Å². The molecule has 0 aliphatic carbocycles. The number of rotatable bonds is 6. The number of aromatic nitrogens is 1. The number of benzene rings is 2. The SMILES string of the molecule is Cc1ccc(-c2ccc(S(=O)(=O)NCc3ccnc(-c4cccs4)c3)cc2)cc1. The van der Waals surface area contributed by atoms with Crippen molar-refractivity contribution in [2.45, 2.75) is 18.4 Å². The molecule has 2 aromatic heterocycles. The first-order valence-corrected chi connectivity index (χ1v) is 11.5. The fourth-order valence-electron chi connectivity index (χ4n) is 2.98. The lowest BCUT2D eigenvalue weighted by Crippen LogP contribution is -2.23. The summed E-state index contributed by atoms with van der Waals surface area (Å²) in [5.41, 5.74) is 4.95. The summed E-state index contributed by atoms with van der Waals surface area (Å²) in [4.78, 5) is 5.67. The van der Waals surface area contributed by atoms with Gasteiger partial charge in [-0.2, -0.15) is 0 Å². The molecule has 1 N–H and O–H groups in total. The molecule has 4 nitrogen and oxygen atoms in total. The van der Waals surface area contributed by atoms with Gasteiger partial charge in [-0.25, -0.2) is 13.1 Å². The van der Waals surface area contributed by atoms with Crippen LogP contribution >= 0.6 is 11.3 Å². The summed E-state index contributed by atoms with van der Waals surface area (Å²) < 4.78 is 28.1. The lowest BCUT2D eigenvalue weighted by Gasteiger charge is -2.09. The Morgan fingerprint density at radius 1 is 0.931 bits per heavy atom. The van der Waals surface area contributed by atoms with Gasteiger partial charge in [0.25, 0.3) is 0 Å². The Kier molecular flexibility index (Phi) is 5.58. The minimum atomic E-state index is -3.60. The van der Waals surface area contributed by atoms with E-state index in [2.05, 4.69) is 9.71 Å². The molecule has 0 unspecified atom stereocenters. The maximum Gasteiger partial charge on any atom is 0.240 e. The highest BCUT2D eigenvalue weighted by Gasteiger charge is 2.14. The molecule has 0 aliphatic rings. The van der Waals surface area contributed by atoms with E-state index in [9.17, 15) is 8.42 Å². The number of hydrogen-bond donors (Lipinski definition) is 1. The second-order valence-electron chi connectivity index (χ2n) is 6.74. The van der Waals surface area contributed by atoms with Crippen molar-refractivity contribution in [3.05, 3.63) is 95.5 Å². The van der Waals surface area contributed by atoms with Gasteiger partial charge in [0.1, 0.15) is 0 Å². The molecule has 0 radical (unpaired) electrons. The van der Waals surface area contributed by atoms with Gasteiger partial charge in [-0.15, -0.1) is 11.3 Å². The van der Waals surface area contributed by atoms with Crippen molar-refractivity contribution in [1.82, 2.24) is 9.71 Å². The monoisotopic (exact) mass is 420 g/mol. The number of aryl methyl sites for hydroxylation is 1. The highest BCUT2D eigenvalue weighted by atomic mass is 32.2. The Bertz CT molecular complexity index is 1200. The summed E-state index contributed by atoms with van der Waals surface area (Å²) in [6, 6.07) is 22.8. The lowest BCUT2D eigenvalue weighted by atomic mass is 10.0. The predicted molar refractivity (Wildman–Crippen MR) is 118 cm³/mol. The Labute approximate surface area is 175 Å². The second-order valence-corrected chi connectivity index (χ2v) is 9.46. The maximum atomic E-state index is 12.7. The van der Waals surface area contributed by atoms with Crippen molar-refractivity contribution in [3.63, 3.8) is 0 Å². The van der Waals surface area contributed by atoms with Crippen molar-refractivity contribution < 1.29 is 8.42 Å². The third-order valence-corrected chi connectivity index (χ3v) is 6.92. The van der Waals surface area contributed by atoms with Crippen LogP contribution < -0.4 is 4.72 Å². The Hall–Kier alpha value is -2.80. The molecule has 146 valence electrons. The molecule has 0 saturated carbocycles. The fourth-order valence-corrected chi connectivity index (χ4v) is 4.69. The van der Waals surface area contributed by atoms with Gasteiger partial charge in [0.15, 0.2) is 0 Å². The second kappa shape index (κ2) is 8.29. The predicted octanol–water partition coefficient (Wildman–Crippen LogP) is 5.26. The van der Waals surface area contributed by atoms with Gasteiger partial charge < -0.3 is 0 Å². The van der Waals surface area contributed by atoms with Crippen LogP contribution in [-0.2, 0) is 16.6 Å². The van der Waals surface area contributed by atoms with Gasteiger partial charge in [-0.3, -0.25) is 4.98 Å². The minimum Gasteiger partial charge on any atom is -0.255 e. The lowest BCUT2D eigenvalue weighted by molar-refractivity contribution is 0.581. The van der Waals surface area contributed by atoms with Crippen LogP contribution in [0.5, 0.6) is 0 Å². The summed E-state index contributed by atoms with van der Waals surface area (Å²) in [6.45, 7) is 2.25. The number of nitrogens with one attached hydrogen (secondary N) is 1. The van der Waals surface area contributed by atoms with Gasteiger partial charge in [-0.1, -0.05) is 48.0 Å². The average Bonchev–Trinajstić information content (AvgIpc) is 3.28. The maximum absolute atomic E-state index is 12.7. The summed E-state index contributed by atoms with van der Waals surface area (Å²) in [5.74, 6) is 0. The number of hydrogen-bond acceptors (Lipinski definition) is 4. The molecule has 0 saturated heterocycles. The Morgan fingerprint density at radius 2 is 1.62 bits per heavy atom. The summed E-state index contributed by atoms with van der Waals surface area (Å²) in [5, 5.41) is 1.99. The number of thiophene rings is 1. The molecule has 4 rings (SSSR count). The molecule has 0 atom stereocenters. The molecule has 0 bridgehead atoms. The number of pyridine rings is 1. The van der Waals surface area contributed by atoms with Crippen LogP contribution in [0.1, 0.15) is 11.1 Å². The normalized spacial score (nSPS) is 11.5. The first kappa shape index (κ1) is 19.5. The molecular weight excluding hydrogens is 400 g/mol. The average molecular weight is 421 g/mol. The van der Waals surface area contributed by atoms with Crippen LogP contribution in [0.2, 0.25) is 0 Å². The van der Waals surface area contributed by atoms with Crippen LogP contribution in [0.3, 0.4) is 0 Å². The van der Waals surface area contributed by atoms with E-state index in [1.807, 2.05) is 73.0 Å². The molecule has 0 aliphatic heterocycles. The number of sulfonamides is 1. The van der Waals surface area contributed by atoms with Crippen molar-refractivity contribution in [2.24, 2.45) is 0 Å². The van der Waals surface area contributed by atoms with E-state index in [1.165, 1.54) is 5.56 Å². The van der Waals surface area contributed by atoms with Crippen LogP contribution in [0.15, 0.2) is 89.3 Å². The van der Waals surface area contributed by atoms with Gasteiger partial charge in [0, 0.05) is 12.7 Å². The van der Waals surface area contributed by atoms with Gasteiger partial charge in [0.05, 0.1) is 15.5 Å². The molecule has 2 heterocycles. The first-order chi connectivity index (χ1) is 14.0. The van der Waals surface area contributed by atoms with Crippen LogP contribution in [0.25, 0.3) is 21.7 Å². The third kappa shape index (κ3) is 4.62. The summed E-state index contributed by atoms with van der Waals surface area (Å²) in [6.07, 6.45) is 1.70. The zero-order chi connectivity index (χ0) is 20.3. The van der Waals surface area contributed by atoms with E-state index >= 15 is 0 Å². The van der Waals surface area contributed by atoms with Crippen molar-refractivity contribution in [2.75, 3.05) is 0 Å². The van der Waals surface area contributed by atoms with E-state index in [4.69, 9.17) is 0 Å². The molecule has 29 heavy (non-hydrogen) atoms. The standard InChI is InChI=1S/C23H20N2O2S2/c1-17-4-6-19(7-5-17)20-8-10-21(11-9-20)29(26,27)25-16-18-12-13-24-22(15-18)23-3-2-14-28-23/h2-15,25H,16H2,1H3. The smallest absolute Gasteiger partial charge is 0.240 e. The van der Waals surface area contributed by atoms with Gasteiger partial charge in [-0.05, 0) is 59.3 Å². The van der Waals surface area contributed by atoms with Crippen molar-refractivity contribution >= 4 is 21.4 Å². The quantitative estimate of drug-likeness (QED) is 0.463. The molecule has 4 aromatic rings. The number of nitrogens with zero attached hydrogens (tertiary/aromatic N) is 1. The van der Waals surface area contributed by atoms with Crippen LogP contribution in [-0.4, -0.2) is 13.4 Å². The van der Waals surface area contributed by atoms with E-state index in [0.29, 0.717) is 0 Å². The summed E-state index contributed by atoms with van der Waals surface area (Å²) >= 11 is 1.60. The van der Waals surface area contributed by atoms with Crippen molar-refractivity contribution in [1.29, 1.82) is 0 Å². The molecule has 6 heteroatoms. The topological polar surface area (TPSA) is 59.1 Å². The zero-order valence-corrected chi connectivity index (χ0v) is 17.5. The molecule has 2 aromatic carbocycles.